The van der Waals surface area contributed by atoms with Crippen molar-refractivity contribution in [2.45, 2.75) is 13.8 Å². The van der Waals surface area contributed by atoms with Crippen LogP contribution in [0.25, 0.3) is 10.9 Å². The van der Waals surface area contributed by atoms with Crippen molar-refractivity contribution >= 4 is 22.7 Å². The minimum Gasteiger partial charge on any atom is -0.462 e. The molecule has 1 heterocycles. The van der Waals surface area contributed by atoms with Gasteiger partial charge in [0, 0.05) is 5.39 Å². The first-order valence-electron chi connectivity index (χ1n) is 5.33. The summed E-state index contributed by atoms with van der Waals surface area (Å²) in [6.45, 7) is 3.88. The fourth-order valence-electron chi connectivity index (χ4n) is 1.82. The van der Waals surface area contributed by atoms with E-state index < -0.39 is 5.97 Å². The lowest BCUT2D eigenvalue weighted by Gasteiger charge is -2.01. The van der Waals surface area contributed by atoms with Gasteiger partial charge in [0.15, 0.2) is 5.82 Å². The summed E-state index contributed by atoms with van der Waals surface area (Å²) in [6, 6.07) is 5.36. The van der Waals surface area contributed by atoms with Crippen molar-refractivity contribution in [3.05, 3.63) is 29.3 Å². The molecule has 0 radical (unpaired) electrons. The van der Waals surface area contributed by atoms with Crippen molar-refractivity contribution in [2.75, 3.05) is 12.3 Å². The van der Waals surface area contributed by atoms with E-state index >= 15 is 0 Å². The van der Waals surface area contributed by atoms with E-state index in [1.54, 1.807) is 19.1 Å². The molecule has 2 aromatic rings. The molecule has 0 saturated heterocycles. The standard InChI is InChI=1S/C12H14N2O3/c1-3-17-12(15)10-8-5-4-7(2)6-9(8)14(16)11(10)13/h4-6,16H,3,13H2,1-2H3. The Balaban J connectivity index is 2.71. The van der Waals surface area contributed by atoms with Gasteiger partial charge in [-0.1, -0.05) is 12.1 Å². The van der Waals surface area contributed by atoms with E-state index in [4.69, 9.17) is 10.5 Å². The van der Waals surface area contributed by atoms with E-state index in [-0.39, 0.29) is 18.0 Å². The maximum atomic E-state index is 11.8. The number of rotatable bonds is 2. The van der Waals surface area contributed by atoms with E-state index in [1.165, 1.54) is 0 Å². The third kappa shape index (κ3) is 1.69. The highest BCUT2D eigenvalue weighted by atomic mass is 16.5. The summed E-state index contributed by atoms with van der Waals surface area (Å²) in [4.78, 5) is 11.8. The SMILES string of the molecule is CCOC(=O)c1c(N)n(O)c2cc(C)ccc12. The third-order valence-electron chi connectivity index (χ3n) is 2.61. The molecule has 1 aromatic carbocycles. The topological polar surface area (TPSA) is 77.5 Å². The number of hydrogen-bond donors (Lipinski definition) is 2. The number of nitrogens with two attached hydrogens (primary N) is 1. The molecule has 0 amide bonds. The summed E-state index contributed by atoms with van der Waals surface area (Å²) < 4.78 is 5.73. The number of benzene rings is 1. The van der Waals surface area contributed by atoms with Crippen LogP contribution in [0.15, 0.2) is 18.2 Å². The molecule has 0 spiro atoms. The van der Waals surface area contributed by atoms with Crippen LogP contribution in [0.4, 0.5) is 5.82 Å². The molecule has 3 N–H and O–H groups in total. The van der Waals surface area contributed by atoms with Crippen LogP contribution < -0.4 is 5.73 Å². The van der Waals surface area contributed by atoms with Crippen molar-refractivity contribution in [3.8, 4) is 0 Å². The van der Waals surface area contributed by atoms with Crippen LogP contribution in [0.3, 0.4) is 0 Å². The first-order valence-corrected chi connectivity index (χ1v) is 5.33. The number of aryl methyl sites for hydroxylation is 1. The van der Waals surface area contributed by atoms with E-state index in [1.807, 2.05) is 13.0 Å². The number of hydrogen-bond acceptors (Lipinski definition) is 4. The molecule has 0 unspecified atom stereocenters. The maximum Gasteiger partial charge on any atom is 0.342 e. The van der Waals surface area contributed by atoms with Gasteiger partial charge in [-0.05, 0) is 25.5 Å². The normalized spacial score (nSPS) is 10.7. The Morgan fingerprint density at radius 3 is 2.88 bits per heavy atom. The largest absolute Gasteiger partial charge is 0.462 e. The van der Waals surface area contributed by atoms with Gasteiger partial charge in [-0.3, -0.25) is 0 Å². The van der Waals surface area contributed by atoms with Crippen molar-refractivity contribution in [1.29, 1.82) is 0 Å². The molecule has 0 aliphatic rings. The second kappa shape index (κ2) is 4.01. The van der Waals surface area contributed by atoms with Crippen LogP contribution in [0.2, 0.25) is 0 Å². The summed E-state index contributed by atoms with van der Waals surface area (Å²) in [7, 11) is 0. The van der Waals surface area contributed by atoms with Crippen LogP contribution in [0, 0.1) is 6.92 Å². The summed E-state index contributed by atoms with van der Waals surface area (Å²) in [5, 5.41) is 10.4. The Bertz CT molecular complexity index is 587. The predicted molar refractivity (Wildman–Crippen MR) is 64.2 cm³/mol. The number of carbonyl (C=O) groups excluding carboxylic acids is 1. The molecule has 1 aromatic heterocycles. The Hall–Kier alpha value is -2.17. The highest BCUT2D eigenvalue weighted by molar-refractivity contribution is 6.09. The zero-order chi connectivity index (χ0) is 12.6. The van der Waals surface area contributed by atoms with Crippen LogP contribution in [-0.2, 0) is 4.74 Å². The molecule has 0 saturated carbocycles. The number of nitrogens with zero attached hydrogens (tertiary/aromatic N) is 1. The second-order valence-electron chi connectivity index (χ2n) is 3.81. The lowest BCUT2D eigenvalue weighted by atomic mass is 10.1. The van der Waals surface area contributed by atoms with Crippen LogP contribution in [-0.4, -0.2) is 22.5 Å². The number of esters is 1. The van der Waals surface area contributed by atoms with Crippen LogP contribution in [0.5, 0.6) is 0 Å². The van der Waals surface area contributed by atoms with Crippen LogP contribution in [0.1, 0.15) is 22.8 Å². The van der Waals surface area contributed by atoms with E-state index in [0.717, 1.165) is 10.3 Å². The van der Waals surface area contributed by atoms with Gasteiger partial charge in [0.05, 0.1) is 12.1 Å². The molecule has 5 nitrogen and oxygen atoms in total. The second-order valence-corrected chi connectivity index (χ2v) is 3.81. The van der Waals surface area contributed by atoms with Crippen molar-refractivity contribution in [3.63, 3.8) is 0 Å². The number of nitrogen functional groups attached to an aromatic ring is 1. The number of anilines is 1. The van der Waals surface area contributed by atoms with Gasteiger partial charge >= 0.3 is 5.97 Å². The molecule has 0 atom stereocenters. The van der Waals surface area contributed by atoms with Gasteiger partial charge in [0.1, 0.15) is 5.56 Å². The molecule has 5 heteroatoms. The molecule has 17 heavy (non-hydrogen) atoms. The lowest BCUT2D eigenvalue weighted by molar-refractivity contribution is 0.0528. The third-order valence-corrected chi connectivity index (χ3v) is 2.61. The van der Waals surface area contributed by atoms with Crippen molar-refractivity contribution in [1.82, 2.24) is 4.73 Å². The molecular formula is C12H14N2O3. The minimum atomic E-state index is -0.522. The van der Waals surface area contributed by atoms with Gasteiger partial charge in [-0.15, -0.1) is 0 Å². The monoisotopic (exact) mass is 234 g/mol. The van der Waals surface area contributed by atoms with Crippen LogP contribution >= 0.6 is 0 Å². The number of carbonyl (C=O) groups is 1. The summed E-state index contributed by atoms with van der Waals surface area (Å²) >= 11 is 0. The first kappa shape index (κ1) is 11.3. The van der Waals surface area contributed by atoms with Gasteiger partial charge < -0.3 is 15.7 Å². The van der Waals surface area contributed by atoms with Gasteiger partial charge in [0.25, 0.3) is 0 Å². The van der Waals surface area contributed by atoms with Crippen molar-refractivity contribution < 1.29 is 14.7 Å². The molecule has 0 aliphatic heterocycles. The number of ether oxygens (including phenoxy) is 1. The maximum absolute atomic E-state index is 11.8. The van der Waals surface area contributed by atoms with Gasteiger partial charge in [0.2, 0.25) is 0 Å². The molecule has 0 bridgehead atoms. The average Bonchev–Trinajstić information content (AvgIpc) is 2.53. The number of aromatic nitrogens is 1. The molecule has 0 fully saturated rings. The Kier molecular flexibility index (Phi) is 2.67. The Morgan fingerprint density at radius 2 is 2.24 bits per heavy atom. The minimum absolute atomic E-state index is 0.00375. The average molecular weight is 234 g/mol. The fraction of sp³-hybridized carbons (Fsp3) is 0.250. The predicted octanol–water partition coefficient (Wildman–Crippen LogP) is 1.95. The van der Waals surface area contributed by atoms with E-state index in [2.05, 4.69) is 0 Å². The smallest absolute Gasteiger partial charge is 0.342 e. The van der Waals surface area contributed by atoms with Gasteiger partial charge in [-0.25, -0.2) is 4.79 Å². The number of fused-ring (bicyclic) bond motifs is 1. The molecule has 2 rings (SSSR count). The first-order chi connectivity index (χ1) is 8.06. The zero-order valence-corrected chi connectivity index (χ0v) is 9.73. The molecular weight excluding hydrogens is 220 g/mol. The van der Waals surface area contributed by atoms with Crippen molar-refractivity contribution in [2.24, 2.45) is 0 Å². The Labute approximate surface area is 98.4 Å². The summed E-state index contributed by atoms with van der Waals surface area (Å²) in [5.41, 5.74) is 7.40. The lowest BCUT2D eigenvalue weighted by Crippen LogP contribution is -2.08. The summed E-state index contributed by atoms with van der Waals surface area (Å²) in [5.74, 6) is -0.518. The molecule has 90 valence electrons. The highest BCUT2D eigenvalue weighted by Crippen LogP contribution is 2.28. The van der Waals surface area contributed by atoms with Gasteiger partial charge in [-0.2, -0.15) is 4.73 Å². The highest BCUT2D eigenvalue weighted by Gasteiger charge is 2.21. The fourth-order valence-corrected chi connectivity index (χ4v) is 1.82. The quantitative estimate of drug-likeness (QED) is 0.615. The molecule has 0 aliphatic carbocycles. The van der Waals surface area contributed by atoms with E-state index in [9.17, 15) is 10.0 Å². The van der Waals surface area contributed by atoms with E-state index in [0.29, 0.717) is 10.9 Å². The summed E-state index contributed by atoms with van der Waals surface area (Å²) in [6.07, 6.45) is 0. The zero-order valence-electron chi connectivity index (χ0n) is 9.73. The Morgan fingerprint density at radius 1 is 1.53 bits per heavy atom.